The van der Waals surface area contributed by atoms with Crippen LogP contribution in [0.3, 0.4) is 0 Å². The third kappa shape index (κ3) is 10.6. The maximum absolute atomic E-state index is 11.3. The lowest BCUT2D eigenvalue weighted by atomic mass is 9.93. The van der Waals surface area contributed by atoms with Crippen molar-refractivity contribution in [2.24, 2.45) is 11.8 Å². The quantitative estimate of drug-likeness (QED) is 0.322. The Morgan fingerprint density at radius 3 is 1.97 bits per heavy atom. The van der Waals surface area contributed by atoms with E-state index in [0.29, 0.717) is 29.6 Å². The molecule has 0 aliphatic heterocycles. The normalized spacial score (nSPS) is 12.7. The molecule has 0 saturated carbocycles. The first-order valence-electron chi connectivity index (χ1n) is 11.4. The number of esters is 2. The Morgan fingerprint density at radius 1 is 0.871 bits per heavy atom. The van der Waals surface area contributed by atoms with Crippen LogP contribution >= 0.6 is 0 Å². The van der Waals surface area contributed by atoms with Crippen LogP contribution in [0.1, 0.15) is 84.3 Å². The van der Waals surface area contributed by atoms with Crippen molar-refractivity contribution >= 4 is 11.9 Å². The SMILES string of the molecule is CCC(C)CCCC(CC)CCOc1cc(COC(C)=O)c(OC)cc1COC(C)=O. The van der Waals surface area contributed by atoms with Gasteiger partial charge in [0.25, 0.3) is 0 Å². The van der Waals surface area contributed by atoms with Crippen molar-refractivity contribution in [2.45, 2.75) is 86.4 Å². The van der Waals surface area contributed by atoms with Gasteiger partial charge < -0.3 is 18.9 Å². The Kier molecular flexibility index (Phi) is 12.7. The van der Waals surface area contributed by atoms with Gasteiger partial charge in [-0.05, 0) is 30.4 Å². The van der Waals surface area contributed by atoms with Gasteiger partial charge in [-0.15, -0.1) is 0 Å². The fraction of sp³-hybridized carbons (Fsp3) is 0.680. The summed E-state index contributed by atoms with van der Waals surface area (Å²) in [4.78, 5) is 22.5. The minimum absolute atomic E-state index is 0.0932. The summed E-state index contributed by atoms with van der Waals surface area (Å²) in [6, 6.07) is 3.59. The van der Waals surface area contributed by atoms with Crippen molar-refractivity contribution in [1.82, 2.24) is 0 Å². The highest BCUT2D eigenvalue weighted by Crippen LogP contribution is 2.31. The van der Waals surface area contributed by atoms with Crippen LogP contribution in [0.25, 0.3) is 0 Å². The van der Waals surface area contributed by atoms with Crippen LogP contribution in [0.5, 0.6) is 11.5 Å². The Labute approximate surface area is 187 Å². The third-order valence-corrected chi connectivity index (χ3v) is 5.69. The summed E-state index contributed by atoms with van der Waals surface area (Å²) in [6.45, 7) is 10.3. The van der Waals surface area contributed by atoms with Gasteiger partial charge in [0.1, 0.15) is 24.7 Å². The molecule has 0 radical (unpaired) electrons. The molecule has 0 N–H and O–H groups in total. The van der Waals surface area contributed by atoms with E-state index in [9.17, 15) is 9.59 Å². The molecule has 0 amide bonds. The molecule has 0 spiro atoms. The number of carbonyl (C=O) groups excluding carboxylic acids is 2. The van der Waals surface area contributed by atoms with Crippen LogP contribution in [0.15, 0.2) is 12.1 Å². The first kappa shape index (κ1) is 26.8. The molecule has 0 aliphatic carbocycles. The highest BCUT2D eigenvalue weighted by molar-refractivity contribution is 5.66. The number of ether oxygens (including phenoxy) is 4. The predicted octanol–water partition coefficient (Wildman–Crippen LogP) is 5.83. The molecule has 6 heteroatoms. The van der Waals surface area contributed by atoms with Crippen molar-refractivity contribution in [3.05, 3.63) is 23.3 Å². The zero-order valence-corrected chi connectivity index (χ0v) is 20.1. The summed E-state index contributed by atoms with van der Waals surface area (Å²) < 4.78 is 21.9. The van der Waals surface area contributed by atoms with Gasteiger partial charge >= 0.3 is 11.9 Å². The van der Waals surface area contributed by atoms with Crippen LogP contribution in [0.2, 0.25) is 0 Å². The fourth-order valence-electron chi connectivity index (χ4n) is 3.40. The molecule has 31 heavy (non-hydrogen) atoms. The minimum atomic E-state index is -0.364. The molecule has 2 atom stereocenters. The van der Waals surface area contributed by atoms with Gasteiger partial charge in [-0.3, -0.25) is 9.59 Å². The average Bonchev–Trinajstić information content (AvgIpc) is 2.74. The zero-order valence-electron chi connectivity index (χ0n) is 20.1. The predicted molar refractivity (Wildman–Crippen MR) is 121 cm³/mol. The fourth-order valence-corrected chi connectivity index (χ4v) is 3.40. The number of rotatable bonds is 15. The largest absolute Gasteiger partial charge is 0.496 e. The molecule has 1 rings (SSSR count). The molecular formula is C25H40O6. The van der Waals surface area contributed by atoms with Crippen molar-refractivity contribution < 1.29 is 28.5 Å². The molecule has 0 bridgehead atoms. The molecular weight excluding hydrogens is 396 g/mol. The molecule has 176 valence electrons. The summed E-state index contributed by atoms with van der Waals surface area (Å²) in [5.41, 5.74) is 1.43. The second kappa shape index (κ2) is 14.7. The van der Waals surface area contributed by atoms with Gasteiger partial charge in [0, 0.05) is 25.0 Å². The first-order valence-corrected chi connectivity index (χ1v) is 11.4. The van der Waals surface area contributed by atoms with Gasteiger partial charge in [-0.25, -0.2) is 0 Å². The lowest BCUT2D eigenvalue weighted by molar-refractivity contribution is -0.143. The molecule has 6 nitrogen and oxygen atoms in total. The second-order valence-electron chi connectivity index (χ2n) is 8.19. The Balaban J connectivity index is 2.83. The summed E-state index contributed by atoms with van der Waals surface area (Å²) in [5.74, 6) is 1.87. The molecule has 0 aliphatic rings. The van der Waals surface area contributed by atoms with Gasteiger partial charge in [0.2, 0.25) is 0 Å². The molecule has 2 unspecified atom stereocenters. The molecule has 0 heterocycles. The number of carbonyl (C=O) groups is 2. The lowest BCUT2D eigenvalue weighted by Gasteiger charge is -2.19. The van der Waals surface area contributed by atoms with Gasteiger partial charge in [0.15, 0.2) is 0 Å². The van der Waals surface area contributed by atoms with Gasteiger partial charge in [-0.2, -0.15) is 0 Å². The Bertz CT molecular complexity index is 685. The van der Waals surface area contributed by atoms with Crippen LogP contribution in [0.4, 0.5) is 0 Å². The maximum atomic E-state index is 11.3. The smallest absolute Gasteiger partial charge is 0.302 e. The van der Waals surface area contributed by atoms with Crippen LogP contribution < -0.4 is 9.47 Å². The number of methoxy groups -OCH3 is 1. The highest BCUT2D eigenvalue weighted by atomic mass is 16.5. The summed E-state index contributed by atoms with van der Waals surface area (Å²) in [6.07, 6.45) is 7.07. The third-order valence-electron chi connectivity index (χ3n) is 5.69. The van der Waals surface area contributed by atoms with E-state index in [-0.39, 0.29) is 25.2 Å². The minimum Gasteiger partial charge on any atom is -0.496 e. The second-order valence-corrected chi connectivity index (χ2v) is 8.19. The van der Waals surface area contributed by atoms with Crippen LogP contribution in [-0.4, -0.2) is 25.7 Å². The molecule has 0 fully saturated rings. The molecule has 1 aromatic rings. The molecule has 0 saturated heterocycles. The Hall–Kier alpha value is -2.24. The number of hydrogen-bond donors (Lipinski definition) is 0. The number of benzene rings is 1. The van der Waals surface area contributed by atoms with Crippen molar-refractivity contribution in [1.29, 1.82) is 0 Å². The van der Waals surface area contributed by atoms with Crippen LogP contribution in [-0.2, 0) is 32.3 Å². The van der Waals surface area contributed by atoms with Crippen molar-refractivity contribution in [2.75, 3.05) is 13.7 Å². The van der Waals surface area contributed by atoms with E-state index >= 15 is 0 Å². The topological polar surface area (TPSA) is 71.1 Å². The molecule has 0 aromatic heterocycles. The van der Waals surface area contributed by atoms with E-state index in [1.54, 1.807) is 13.2 Å². The first-order chi connectivity index (χ1) is 14.8. The molecule has 1 aromatic carbocycles. The standard InChI is InChI=1S/C25H40O6/c1-7-18(3)10-9-11-21(8-2)12-13-29-25-15-22(16-30-19(4)26)24(28-6)14-23(25)17-31-20(5)27/h14-15,18,21H,7-13,16-17H2,1-6H3. The van der Waals surface area contributed by atoms with Crippen LogP contribution in [0, 0.1) is 11.8 Å². The van der Waals surface area contributed by atoms with E-state index in [0.717, 1.165) is 24.3 Å². The summed E-state index contributed by atoms with van der Waals surface area (Å²) in [7, 11) is 1.55. The van der Waals surface area contributed by atoms with E-state index in [2.05, 4.69) is 20.8 Å². The van der Waals surface area contributed by atoms with E-state index in [1.807, 2.05) is 6.07 Å². The monoisotopic (exact) mass is 436 g/mol. The lowest BCUT2D eigenvalue weighted by Crippen LogP contribution is -2.10. The van der Waals surface area contributed by atoms with Gasteiger partial charge in [-0.1, -0.05) is 52.9 Å². The Morgan fingerprint density at radius 2 is 1.45 bits per heavy atom. The van der Waals surface area contributed by atoms with Crippen molar-refractivity contribution in [3.8, 4) is 11.5 Å². The summed E-state index contributed by atoms with van der Waals surface area (Å²) in [5, 5.41) is 0. The number of hydrogen-bond acceptors (Lipinski definition) is 6. The average molecular weight is 437 g/mol. The highest BCUT2D eigenvalue weighted by Gasteiger charge is 2.15. The maximum Gasteiger partial charge on any atom is 0.302 e. The summed E-state index contributed by atoms with van der Waals surface area (Å²) >= 11 is 0. The van der Waals surface area contributed by atoms with E-state index in [4.69, 9.17) is 18.9 Å². The van der Waals surface area contributed by atoms with E-state index in [1.165, 1.54) is 39.5 Å². The van der Waals surface area contributed by atoms with Gasteiger partial charge in [0.05, 0.1) is 13.7 Å². The zero-order chi connectivity index (χ0) is 23.2. The van der Waals surface area contributed by atoms with E-state index < -0.39 is 0 Å². The van der Waals surface area contributed by atoms with Crippen molar-refractivity contribution in [3.63, 3.8) is 0 Å².